The molecule has 0 saturated carbocycles. The summed E-state index contributed by atoms with van der Waals surface area (Å²) >= 11 is 4.66. The molecule has 13 heavy (non-hydrogen) atoms. The molecular weight excluding hydrogens is 231 g/mol. The van der Waals surface area contributed by atoms with Crippen molar-refractivity contribution < 1.29 is 21.6 Å². The number of halogens is 4. The lowest BCUT2D eigenvalue weighted by Crippen LogP contribution is -2.13. The molecule has 0 aromatic rings. The molecule has 0 heterocycles. The lowest BCUT2D eigenvalue weighted by Gasteiger charge is -2.05. The summed E-state index contributed by atoms with van der Waals surface area (Å²) in [6.45, 7) is 0. The van der Waals surface area contributed by atoms with E-state index in [0.717, 1.165) is 6.07 Å². The number of hydrogen-bond donors (Lipinski definition) is 0. The number of nitriles is 1. The van der Waals surface area contributed by atoms with Crippen molar-refractivity contribution >= 4 is 21.4 Å². The minimum Gasteiger partial charge on any atom is -0.223 e. The van der Waals surface area contributed by atoms with Gasteiger partial charge in [-0.15, -0.1) is 0 Å². The van der Waals surface area contributed by atoms with Gasteiger partial charge in [0.1, 0.15) is 6.07 Å². The van der Waals surface area contributed by atoms with Crippen LogP contribution in [0.2, 0.25) is 0 Å². The molecule has 0 aromatic carbocycles. The van der Waals surface area contributed by atoms with Gasteiger partial charge in [0.05, 0.1) is 0 Å². The Morgan fingerprint density at radius 2 is 1.85 bits per heavy atom. The van der Waals surface area contributed by atoms with Gasteiger partial charge in [-0.05, 0) is 0 Å². The first-order chi connectivity index (χ1) is 5.60. The van der Waals surface area contributed by atoms with Crippen molar-refractivity contribution in [1.29, 1.82) is 5.26 Å². The van der Waals surface area contributed by atoms with Crippen molar-refractivity contribution in [2.45, 2.75) is 6.18 Å². The van der Waals surface area contributed by atoms with E-state index in [1.54, 1.807) is 0 Å². The van der Waals surface area contributed by atoms with Crippen LogP contribution in [-0.4, -0.2) is 20.8 Å². The maximum absolute atomic E-state index is 11.8. The molecule has 0 radical (unpaired) electrons. The molecule has 0 unspecified atom stereocenters. The van der Waals surface area contributed by atoms with Crippen molar-refractivity contribution in [2.24, 2.45) is 0 Å². The van der Waals surface area contributed by atoms with Crippen LogP contribution in [0.4, 0.5) is 13.2 Å². The first kappa shape index (κ1) is 12.3. The van der Waals surface area contributed by atoms with E-state index >= 15 is 0 Å². The van der Waals surface area contributed by atoms with Gasteiger partial charge in [-0.1, -0.05) is 11.6 Å². The minimum absolute atomic E-state index is 0.472. The van der Waals surface area contributed by atoms with Crippen LogP contribution in [0.3, 0.4) is 0 Å². The number of sulfone groups is 1. The summed E-state index contributed by atoms with van der Waals surface area (Å²) in [6, 6.07) is 0.888. The van der Waals surface area contributed by atoms with E-state index in [0.29, 0.717) is 6.26 Å². The highest BCUT2D eigenvalue weighted by Gasteiger charge is 2.38. The summed E-state index contributed by atoms with van der Waals surface area (Å²) in [6.07, 6.45) is -4.55. The molecule has 0 saturated heterocycles. The predicted molar refractivity (Wildman–Crippen MR) is 39.4 cm³/mol. The minimum atomic E-state index is -5.02. The largest absolute Gasteiger partial charge is 0.428 e. The molecule has 0 fully saturated rings. The van der Waals surface area contributed by atoms with Gasteiger partial charge in [0, 0.05) is 6.26 Å². The van der Waals surface area contributed by atoms with Crippen molar-refractivity contribution in [2.75, 3.05) is 6.26 Å². The first-order valence-corrected chi connectivity index (χ1v) is 4.94. The summed E-state index contributed by atoms with van der Waals surface area (Å²) in [7, 11) is -4.23. The lowest BCUT2D eigenvalue weighted by atomic mass is 10.5. The molecule has 0 bridgehead atoms. The quantitative estimate of drug-likeness (QED) is 0.646. The highest BCUT2D eigenvalue weighted by atomic mass is 35.5. The second kappa shape index (κ2) is 3.55. The average molecular weight is 234 g/mol. The maximum Gasteiger partial charge on any atom is 0.428 e. The van der Waals surface area contributed by atoms with E-state index < -0.39 is 26.0 Å². The summed E-state index contributed by atoms with van der Waals surface area (Å²) in [5, 5.41) is 6.20. The third kappa shape index (κ3) is 3.24. The van der Waals surface area contributed by atoms with Crippen LogP contribution in [0.5, 0.6) is 0 Å². The van der Waals surface area contributed by atoms with Gasteiger partial charge in [-0.2, -0.15) is 18.4 Å². The second-order valence-electron chi connectivity index (χ2n) is 2.02. The van der Waals surface area contributed by atoms with E-state index in [1.165, 1.54) is 0 Å². The topological polar surface area (TPSA) is 57.9 Å². The van der Waals surface area contributed by atoms with Gasteiger partial charge < -0.3 is 0 Å². The van der Waals surface area contributed by atoms with Gasteiger partial charge in [-0.3, -0.25) is 0 Å². The van der Waals surface area contributed by atoms with Gasteiger partial charge in [0.15, 0.2) is 19.8 Å². The Labute approximate surface area is 77.3 Å². The predicted octanol–water partition coefficient (Wildman–Crippen LogP) is 1.57. The Hall–Kier alpha value is -0.740. The fraction of sp³-hybridized carbons (Fsp3) is 0.400. The van der Waals surface area contributed by atoms with Crippen molar-refractivity contribution in [3.8, 4) is 6.07 Å². The molecule has 0 aliphatic carbocycles. The second-order valence-corrected chi connectivity index (χ2v) is 4.36. The molecule has 0 rings (SSSR count). The third-order valence-electron chi connectivity index (χ3n) is 0.921. The van der Waals surface area contributed by atoms with Crippen LogP contribution in [0.25, 0.3) is 0 Å². The monoisotopic (exact) mass is 233 g/mol. The SMILES string of the molecule is CS(=O)(=O)/C(C#N)=C(\Cl)C(F)(F)F. The van der Waals surface area contributed by atoms with E-state index in [1.807, 2.05) is 0 Å². The summed E-state index contributed by atoms with van der Waals surface area (Å²) in [5.74, 6) is 0. The molecule has 74 valence electrons. The molecule has 8 heteroatoms. The van der Waals surface area contributed by atoms with E-state index in [4.69, 9.17) is 5.26 Å². The molecule has 0 aliphatic heterocycles. The van der Waals surface area contributed by atoms with Crippen LogP contribution in [-0.2, 0) is 9.84 Å². The lowest BCUT2D eigenvalue weighted by molar-refractivity contribution is -0.0847. The van der Waals surface area contributed by atoms with Crippen LogP contribution in [0.15, 0.2) is 9.94 Å². The maximum atomic E-state index is 11.8. The highest BCUT2D eigenvalue weighted by Crippen LogP contribution is 2.32. The van der Waals surface area contributed by atoms with Gasteiger partial charge in [0.2, 0.25) is 0 Å². The Bertz CT molecular complexity index is 376. The summed E-state index contributed by atoms with van der Waals surface area (Å²) < 4.78 is 56.6. The van der Waals surface area contributed by atoms with Crippen LogP contribution < -0.4 is 0 Å². The highest BCUT2D eigenvalue weighted by molar-refractivity contribution is 7.94. The van der Waals surface area contributed by atoms with E-state index in [2.05, 4.69) is 11.6 Å². The van der Waals surface area contributed by atoms with Crippen molar-refractivity contribution in [3.05, 3.63) is 9.94 Å². The number of rotatable bonds is 1. The van der Waals surface area contributed by atoms with Crippen LogP contribution >= 0.6 is 11.6 Å². The summed E-state index contributed by atoms with van der Waals surface area (Å²) in [4.78, 5) is -1.47. The van der Waals surface area contributed by atoms with E-state index in [9.17, 15) is 21.6 Å². The smallest absolute Gasteiger partial charge is 0.223 e. The number of alkyl halides is 3. The molecule has 0 N–H and O–H groups in total. The number of hydrogen-bond acceptors (Lipinski definition) is 3. The molecule has 0 spiro atoms. The Kier molecular flexibility index (Phi) is 3.35. The Morgan fingerprint density at radius 1 is 1.46 bits per heavy atom. The fourth-order valence-electron chi connectivity index (χ4n) is 0.423. The van der Waals surface area contributed by atoms with E-state index in [-0.39, 0.29) is 0 Å². The number of nitrogens with zero attached hydrogens (tertiary/aromatic N) is 1. The van der Waals surface area contributed by atoms with Crippen LogP contribution in [0, 0.1) is 11.3 Å². The molecular formula is C5H3ClF3NO2S. The Morgan fingerprint density at radius 3 is 1.92 bits per heavy atom. The standard InChI is InChI=1S/C5H3ClF3NO2S/c1-13(11,12)3(2-10)4(6)5(7,8)9/h1H3/b4-3-. The van der Waals surface area contributed by atoms with Crippen molar-refractivity contribution in [1.82, 2.24) is 0 Å². The number of allylic oxidation sites excluding steroid dienone is 2. The molecule has 0 amide bonds. The summed E-state index contributed by atoms with van der Waals surface area (Å²) in [5.41, 5.74) is 0. The van der Waals surface area contributed by atoms with Gasteiger partial charge in [0.25, 0.3) is 0 Å². The van der Waals surface area contributed by atoms with Gasteiger partial charge in [-0.25, -0.2) is 8.42 Å². The van der Waals surface area contributed by atoms with Gasteiger partial charge >= 0.3 is 6.18 Å². The first-order valence-electron chi connectivity index (χ1n) is 2.68. The average Bonchev–Trinajstić information content (AvgIpc) is 1.83. The molecule has 0 aromatic heterocycles. The zero-order valence-corrected chi connectivity index (χ0v) is 7.76. The fourth-order valence-corrected chi connectivity index (χ4v) is 1.49. The van der Waals surface area contributed by atoms with Crippen LogP contribution in [0.1, 0.15) is 0 Å². The molecule has 3 nitrogen and oxygen atoms in total. The van der Waals surface area contributed by atoms with Crippen molar-refractivity contribution in [3.63, 3.8) is 0 Å². The molecule has 0 aliphatic rings. The zero-order chi connectivity index (χ0) is 10.9. The molecule has 0 atom stereocenters. The Balaban J connectivity index is 5.61. The zero-order valence-electron chi connectivity index (χ0n) is 6.18. The normalized spacial score (nSPS) is 14.8. The third-order valence-corrected chi connectivity index (χ3v) is 2.47.